The molecule has 0 unspecified atom stereocenters. The molecule has 1 aromatic rings. The van der Waals surface area contributed by atoms with Crippen LogP contribution in [0.15, 0.2) is 17.4 Å². The monoisotopic (exact) mass is 265 g/mol. The molecule has 8 heteroatoms. The summed E-state index contributed by atoms with van der Waals surface area (Å²) in [5, 5.41) is 13.7. The van der Waals surface area contributed by atoms with E-state index in [1.807, 2.05) is 0 Å². The molecule has 1 rings (SSSR count). The van der Waals surface area contributed by atoms with Crippen molar-refractivity contribution in [3.05, 3.63) is 36.9 Å². The first kappa shape index (κ1) is 12.3. The number of rotatable bonds is 5. The van der Waals surface area contributed by atoms with Crippen molar-refractivity contribution in [2.75, 3.05) is 6.26 Å². The van der Waals surface area contributed by atoms with E-state index in [0.29, 0.717) is 16.0 Å². The van der Waals surface area contributed by atoms with E-state index in [9.17, 15) is 10.1 Å². The van der Waals surface area contributed by atoms with Crippen molar-refractivity contribution >= 4 is 34.7 Å². The number of thiazole rings is 1. The molecule has 0 fully saturated rings. The molecule has 1 aromatic heterocycles. The second kappa shape index (κ2) is 5.94. The maximum absolute atomic E-state index is 10.2. The minimum Gasteiger partial charge on any atom is -0.370 e. The van der Waals surface area contributed by atoms with Crippen LogP contribution in [0.1, 0.15) is 4.88 Å². The average molecular weight is 266 g/mol. The van der Waals surface area contributed by atoms with E-state index < -0.39 is 4.92 Å². The molecule has 5 nitrogen and oxygen atoms in total. The Labute approximate surface area is 99.7 Å². The van der Waals surface area contributed by atoms with Crippen LogP contribution in [0.5, 0.6) is 0 Å². The van der Waals surface area contributed by atoms with Gasteiger partial charge in [-0.25, -0.2) is 4.98 Å². The lowest BCUT2D eigenvalue weighted by Crippen LogP contribution is -2.10. The third-order valence-electron chi connectivity index (χ3n) is 1.40. The van der Waals surface area contributed by atoms with Crippen LogP contribution in [0.2, 0.25) is 4.47 Å². The molecule has 0 aromatic carbocycles. The molecule has 0 amide bonds. The summed E-state index contributed by atoms with van der Waals surface area (Å²) in [4.78, 5) is 14.5. The third kappa shape index (κ3) is 4.50. The van der Waals surface area contributed by atoms with Crippen LogP contribution in [0, 0.1) is 10.1 Å². The zero-order valence-corrected chi connectivity index (χ0v) is 10.2. The summed E-state index contributed by atoms with van der Waals surface area (Å²) in [5.74, 6) is 0. The fraction of sp³-hybridized carbons (Fsp3) is 0.286. The van der Waals surface area contributed by atoms with Gasteiger partial charge in [0.1, 0.15) is 5.03 Å². The maximum Gasteiger partial charge on any atom is 0.263 e. The van der Waals surface area contributed by atoms with Gasteiger partial charge in [-0.2, -0.15) is 0 Å². The summed E-state index contributed by atoms with van der Waals surface area (Å²) in [5.41, 5.74) is 0. The number of nitro groups is 1. The molecular formula is C7H8ClN3O2S2. The topological polar surface area (TPSA) is 68.1 Å². The lowest BCUT2D eigenvalue weighted by atomic mass is 10.5. The first-order valence-corrected chi connectivity index (χ1v) is 6.27. The van der Waals surface area contributed by atoms with Gasteiger partial charge in [-0.05, 0) is 6.26 Å². The molecule has 15 heavy (non-hydrogen) atoms. The fourth-order valence-corrected chi connectivity index (χ4v) is 2.13. The summed E-state index contributed by atoms with van der Waals surface area (Å²) < 4.78 is 0.468. The molecule has 0 aliphatic carbocycles. The SMILES string of the molecule is CSC(=C[N+](=O)[O-])NCc1cnc(Cl)s1. The molecule has 0 saturated heterocycles. The molecule has 0 spiro atoms. The molecule has 0 radical (unpaired) electrons. The highest BCUT2D eigenvalue weighted by molar-refractivity contribution is 8.02. The minimum absolute atomic E-state index is 0.468. The van der Waals surface area contributed by atoms with Crippen molar-refractivity contribution in [3.8, 4) is 0 Å². The van der Waals surface area contributed by atoms with Crippen LogP contribution in [-0.2, 0) is 6.54 Å². The van der Waals surface area contributed by atoms with Gasteiger partial charge in [0.15, 0.2) is 4.47 Å². The van der Waals surface area contributed by atoms with Gasteiger partial charge >= 0.3 is 0 Å². The number of halogens is 1. The predicted molar refractivity (Wildman–Crippen MR) is 62.6 cm³/mol. The second-order valence-electron chi connectivity index (χ2n) is 2.42. The van der Waals surface area contributed by atoms with Crippen molar-refractivity contribution in [1.82, 2.24) is 10.3 Å². The predicted octanol–water partition coefficient (Wildman–Crippen LogP) is 2.32. The highest BCUT2D eigenvalue weighted by Crippen LogP contribution is 2.18. The summed E-state index contributed by atoms with van der Waals surface area (Å²) in [6, 6.07) is 0. The average Bonchev–Trinajstić information content (AvgIpc) is 2.58. The van der Waals surface area contributed by atoms with E-state index in [1.54, 1.807) is 12.5 Å². The van der Waals surface area contributed by atoms with Gasteiger partial charge < -0.3 is 5.32 Å². The molecule has 1 N–H and O–H groups in total. The van der Waals surface area contributed by atoms with Gasteiger partial charge in [0.05, 0.1) is 11.5 Å². The van der Waals surface area contributed by atoms with Crippen LogP contribution >= 0.6 is 34.7 Å². The Morgan fingerprint density at radius 2 is 2.67 bits per heavy atom. The maximum atomic E-state index is 10.2. The second-order valence-corrected chi connectivity index (χ2v) is 4.96. The van der Waals surface area contributed by atoms with Crippen LogP contribution in [0.3, 0.4) is 0 Å². The van der Waals surface area contributed by atoms with E-state index in [2.05, 4.69) is 10.3 Å². The zero-order valence-electron chi connectivity index (χ0n) is 7.77. The Kier molecular flexibility index (Phi) is 4.86. The Hall–Kier alpha value is -0.790. The van der Waals surface area contributed by atoms with Gasteiger partial charge in [-0.15, -0.1) is 23.1 Å². The Morgan fingerprint density at radius 1 is 1.93 bits per heavy atom. The van der Waals surface area contributed by atoms with Crippen LogP contribution in [0.4, 0.5) is 0 Å². The molecule has 0 saturated carbocycles. The number of thioether (sulfide) groups is 1. The van der Waals surface area contributed by atoms with Crippen LogP contribution < -0.4 is 5.32 Å². The quantitative estimate of drug-likeness (QED) is 0.654. The van der Waals surface area contributed by atoms with Crippen molar-refractivity contribution < 1.29 is 4.92 Å². The van der Waals surface area contributed by atoms with Crippen LogP contribution in [0.25, 0.3) is 0 Å². The first-order valence-electron chi connectivity index (χ1n) is 3.85. The number of aromatic nitrogens is 1. The van der Waals surface area contributed by atoms with Gasteiger partial charge in [-0.1, -0.05) is 11.6 Å². The summed E-state index contributed by atoms with van der Waals surface area (Å²) in [7, 11) is 0. The molecule has 0 aliphatic heterocycles. The summed E-state index contributed by atoms with van der Waals surface area (Å²) in [6.45, 7) is 0.491. The molecule has 0 bridgehead atoms. The number of hydrogen-bond donors (Lipinski definition) is 1. The van der Waals surface area contributed by atoms with Crippen LogP contribution in [-0.4, -0.2) is 16.2 Å². The van der Waals surface area contributed by atoms with Gasteiger partial charge in [0, 0.05) is 11.1 Å². The molecule has 0 atom stereocenters. The van der Waals surface area contributed by atoms with E-state index in [0.717, 1.165) is 11.1 Å². The Balaban J connectivity index is 2.51. The lowest BCUT2D eigenvalue weighted by Gasteiger charge is -2.02. The smallest absolute Gasteiger partial charge is 0.263 e. The molecule has 1 heterocycles. The normalized spacial score (nSPS) is 11.5. The molecule has 82 valence electrons. The van der Waals surface area contributed by atoms with Crippen molar-refractivity contribution in [2.45, 2.75) is 6.54 Å². The van der Waals surface area contributed by atoms with E-state index >= 15 is 0 Å². The fourth-order valence-electron chi connectivity index (χ4n) is 0.806. The summed E-state index contributed by atoms with van der Waals surface area (Å²) in [6.07, 6.45) is 4.35. The highest BCUT2D eigenvalue weighted by atomic mass is 35.5. The number of hydrogen-bond acceptors (Lipinski definition) is 6. The third-order valence-corrected chi connectivity index (χ3v) is 3.21. The highest BCUT2D eigenvalue weighted by Gasteiger charge is 2.03. The van der Waals surface area contributed by atoms with E-state index in [4.69, 9.17) is 11.6 Å². The van der Waals surface area contributed by atoms with E-state index in [1.165, 1.54) is 23.1 Å². The Morgan fingerprint density at radius 3 is 3.13 bits per heavy atom. The zero-order chi connectivity index (χ0) is 11.3. The van der Waals surface area contributed by atoms with E-state index in [-0.39, 0.29) is 0 Å². The Bertz CT molecular complexity index is 380. The van der Waals surface area contributed by atoms with Crippen molar-refractivity contribution in [2.24, 2.45) is 0 Å². The van der Waals surface area contributed by atoms with Crippen molar-refractivity contribution in [3.63, 3.8) is 0 Å². The number of nitrogens with zero attached hydrogens (tertiary/aromatic N) is 2. The molecular weight excluding hydrogens is 258 g/mol. The standard InChI is InChI=1S/C7H8ClN3O2S2/c1-14-6(4-11(12)13)9-2-5-3-10-7(8)15-5/h3-4,9H,2H2,1H3. The number of nitrogens with one attached hydrogen (secondary N) is 1. The lowest BCUT2D eigenvalue weighted by molar-refractivity contribution is -0.403. The van der Waals surface area contributed by atoms with Gasteiger partial charge in [0.2, 0.25) is 0 Å². The largest absolute Gasteiger partial charge is 0.370 e. The van der Waals surface area contributed by atoms with Gasteiger partial charge in [-0.3, -0.25) is 10.1 Å². The molecule has 0 aliphatic rings. The minimum atomic E-state index is -0.488. The first-order chi connectivity index (χ1) is 7.11. The summed E-state index contributed by atoms with van der Waals surface area (Å²) >= 11 is 8.27. The van der Waals surface area contributed by atoms with Crippen molar-refractivity contribution in [1.29, 1.82) is 0 Å². The van der Waals surface area contributed by atoms with Gasteiger partial charge in [0.25, 0.3) is 6.20 Å².